The van der Waals surface area contributed by atoms with Crippen molar-refractivity contribution < 1.29 is 19.8 Å². The number of nitriles is 1. The summed E-state index contributed by atoms with van der Waals surface area (Å²) in [6.07, 6.45) is -1.48. The predicted octanol–water partition coefficient (Wildman–Crippen LogP) is 1.64. The fraction of sp³-hybridized carbons (Fsp3) is 0.250. The topological polar surface area (TPSA) is 98.4 Å². The van der Waals surface area contributed by atoms with E-state index in [9.17, 15) is 14.7 Å². The van der Waals surface area contributed by atoms with E-state index < -0.39 is 12.1 Å². The number of carbonyl (C=O) groups is 2. The molecule has 0 saturated carbocycles. The van der Waals surface area contributed by atoms with Gasteiger partial charge in [-0.3, -0.25) is 4.79 Å². The Labute approximate surface area is 112 Å². The van der Waals surface area contributed by atoms with Crippen molar-refractivity contribution in [1.29, 1.82) is 5.26 Å². The molecular formula is C12H10BrNO4. The van der Waals surface area contributed by atoms with Crippen molar-refractivity contribution >= 4 is 27.7 Å². The SMILES string of the molecule is N#Cc1cc(C(=O)CCBr)ccc1C(O)C(=O)O. The summed E-state index contributed by atoms with van der Waals surface area (Å²) >= 11 is 3.14. The van der Waals surface area contributed by atoms with Crippen molar-refractivity contribution in [2.24, 2.45) is 0 Å². The van der Waals surface area contributed by atoms with Crippen LogP contribution in [0.3, 0.4) is 0 Å². The second-order valence-corrected chi connectivity index (χ2v) is 4.31. The fourth-order valence-corrected chi connectivity index (χ4v) is 1.79. The van der Waals surface area contributed by atoms with Gasteiger partial charge in [0, 0.05) is 22.9 Å². The highest BCUT2D eigenvalue weighted by atomic mass is 79.9. The van der Waals surface area contributed by atoms with E-state index in [0.29, 0.717) is 10.9 Å². The molecule has 0 radical (unpaired) electrons. The number of alkyl halides is 1. The molecule has 0 saturated heterocycles. The minimum atomic E-state index is -1.76. The number of Topliss-reactive ketones (excluding diaryl/α,β-unsaturated/α-hetero) is 1. The summed E-state index contributed by atoms with van der Waals surface area (Å²) < 4.78 is 0. The number of aliphatic carboxylic acids is 1. The van der Waals surface area contributed by atoms with Crippen LogP contribution >= 0.6 is 15.9 Å². The van der Waals surface area contributed by atoms with E-state index in [1.54, 1.807) is 6.07 Å². The zero-order chi connectivity index (χ0) is 13.7. The Morgan fingerprint density at radius 3 is 2.61 bits per heavy atom. The third-order valence-corrected chi connectivity index (χ3v) is 2.74. The molecule has 2 N–H and O–H groups in total. The maximum atomic E-state index is 11.6. The Morgan fingerprint density at radius 2 is 2.11 bits per heavy atom. The lowest BCUT2D eigenvalue weighted by atomic mass is 9.98. The van der Waals surface area contributed by atoms with Gasteiger partial charge in [-0.15, -0.1) is 0 Å². The number of carbonyl (C=O) groups excluding carboxylic acids is 1. The lowest BCUT2D eigenvalue weighted by molar-refractivity contribution is -0.146. The molecular weight excluding hydrogens is 302 g/mol. The molecule has 0 heterocycles. The van der Waals surface area contributed by atoms with Crippen LogP contribution in [-0.2, 0) is 4.79 Å². The highest BCUT2D eigenvalue weighted by molar-refractivity contribution is 9.09. The van der Waals surface area contributed by atoms with E-state index in [0.717, 1.165) is 0 Å². The van der Waals surface area contributed by atoms with Crippen LogP contribution < -0.4 is 0 Å². The van der Waals surface area contributed by atoms with Gasteiger partial charge in [-0.1, -0.05) is 28.1 Å². The third kappa shape index (κ3) is 3.15. The summed E-state index contributed by atoms with van der Waals surface area (Å²) in [5.74, 6) is -1.59. The van der Waals surface area contributed by atoms with E-state index in [-0.39, 0.29) is 23.3 Å². The van der Waals surface area contributed by atoms with Crippen LogP contribution in [0.1, 0.15) is 34.0 Å². The molecule has 0 amide bonds. The normalized spacial score (nSPS) is 11.6. The number of benzene rings is 1. The van der Waals surface area contributed by atoms with E-state index in [4.69, 9.17) is 10.4 Å². The number of carboxylic acid groups (broad SMARTS) is 1. The molecule has 0 bridgehead atoms. The number of nitrogens with zero attached hydrogens (tertiary/aromatic N) is 1. The smallest absolute Gasteiger partial charge is 0.337 e. The van der Waals surface area contributed by atoms with E-state index in [2.05, 4.69) is 15.9 Å². The molecule has 1 aromatic rings. The Bertz CT molecular complexity index is 521. The Balaban J connectivity index is 3.16. The second kappa shape index (κ2) is 6.28. The Hall–Kier alpha value is -1.71. The van der Waals surface area contributed by atoms with Crippen LogP contribution in [0.5, 0.6) is 0 Å². The van der Waals surface area contributed by atoms with Crippen molar-refractivity contribution in [1.82, 2.24) is 0 Å². The average Bonchev–Trinajstić information content (AvgIpc) is 2.37. The minimum absolute atomic E-state index is 0.00896. The second-order valence-electron chi connectivity index (χ2n) is 3.52. The summed E-state index contributed by atoms with van der Waals surface area (Å²) in [5, 5.41) is 27.5. The lowest BCUT2D eigenvalue weighted by Crippen LogP contribution is -2.12. The van der Waals surface area contributed by atoms with Crippen molar-refractivity contribution in [3.63, 3.8) is 0 Å². The molecule has 0 aliphatic rings. The maximum Gasteiger partial charge on any atom is 0.337 e. The summed E-state index contributed by atoms with van der Waals surface area (Å²) in [4.78, 5) is 22.3. The highest BCUT2D eigenvalue weighted by Gasteiger charge is 2.20. The molecule has 1 aromatic carbocycles. The van der Waals surface area contributed by atoms with E-state index in [1.807, 2.05) is 0 Å². The first kappa shape index (κ1) is 14.4. The Morgan fingerprint density at radius 1 is 1.44 bits per heavy atom. The largest absolute Gasteiger partial charge is 0.479 e. The van der Waals surface area contributed by atoms with Gasteiger partial charge >= 0.3 is 5.97 Å². The van der Waals surface area contributed by atoms with Crippen molar-refractivity contribution in [3.05, 3.63) is 34.9 Å². The lowest BCUT2D eigenvalue weighted by Gasteiger charge is -2.09. The number of halogens is 1. The number of rotatable bonds is 5. The van der Waals surface area contributed by atoms with E-state index in [1.165, 1.54) is 18.2 Å². The number of aliphatic hydroxyl groups is 1. The minimum Gasteiger partial charge on any atom is -0.479 e. The predicted molar refractivity (Wildman–Crippen MR) is 66.5 cm³/mol. The maximum absolute atomic E-state index is 11.6. The highest BCUT2D eigenvalue weighted by Crippen LogP contribution is 2.20. The number of carboxylic acids is 1. The van der Waals surface area contributed by atoms with Gasteiger partial charge in [0.05, 0.1) is 11.6 Å². The number of hydrogen-bond acceptors (Lipinski definition) is 4. The number of aliphatic hydroxyl groups excluding tert-OH is 1. The fourth-order valence-electron chi connectivity index (χ4n) is 1.43. The van der Waals surface area contributed by atoms with Crippen molar-refractivity contribution in [2.45, 2.75) is 12.5 Å². The van der Waals surface area contributed by atoms with Crippen LogP contribution in [0.4, 0.5) is 0 Å². The molecule has 0 aliphatic heterocycles. The van der Waals surface area contributed by atoms with Gasteiger partial charge < -0.3 is 10.2 Å². The molecule has 6 heteroatoms. The first-order valence-electron chi connectivity index (χ1n) is 5.05. The van der Waals surface area contributed by atoms with Gasteiger partial charge in [0.25, 0.3) is 0 Å². The quantitative estimate of drug-likeness (QED) is 0.636. The van der Waals surface area contributed by atoms with Crippen molar-refractivity contribution in [2.75, 3.05) is 5.33 Å². The molecule has 5 nitrogen and oxygen atoms in total. The molecule has 0 fully saturated rings. The van der Waals surface area contributed by atoms with Crippen molar-refractivity contribution in [3.8, 4) is 6.07 Å². The molecule has 1 unspecified atom stereocenters. The molecule has 0 aliphatic carbocycles. The third-order valence-electron chi connectivity index (χ3n) is 2.35. The van der Waals surface area contributed by atoms with Gasteiger partial charge in [-0.05, 0) is 6.07 Å². The summed E-state index contributed by atoms with van der Waals surface area (Å²) in [6.45, 7) is 0. The Kier molecular flexibility index (Phi) is 5.01. The molecule has 1 atom stereocenters. The number of ketones is 1. The van der Waals surface area contributed by atoms with Crippen LogP contribution in [-0.4, -0.2) is 27.3 Å². The first-order chi connectivity index (χ1) is 8.51. The van der Waals surface area contributed by atoms with Gasteiger partial charge in [-0.2, -0.15) is 5.26 Å². The zero-order valence-electron chi connectivity index (χ0n) is 9.26. The summed E-state index contributed by atoms with van der Waals surface area (Å²) in [6, 6.07) is 5.78. The van der Waals surface area contributed by atoms with Crippen LogP contribution in [0.2, 0.25) is 0 Å². The first-order valence-corrected chi connectivity index (χ1v) is 6.17. The van der Waals surface area contributed by atoms with E-state index >= 15 is 0 Å². The van der Waals surface area contributed by atoms with Gasteiger partial charge in [-0.25, -0.2) is 4.79 Å². The molecule has 1 rings (SSSR count). The molecule has 18 heavy (non-hydrogen) atoms. The summed E-state index contributed by atoms with van der Waals surface area (Å²) in [5.41, 5.74) is 0.304. The molecule has 0 aromatic heterocycles. The average molecular weight is 312 g/mol. The van der Waals surface area contributed by atoms with Gasteiger partial charge in [0.2, 0.25) is 0 Å². The van der Waals surface area contributed by atoms with Crippen LogP contribution in [0, 0.1) is 11.3 Å². The van der Waals surface area contributed by atoms with Crippen LogP contribution in [0.15, 0.2) is 18.2 Å². The monoisotopic (exact) mass is 311 g/mol. The number of hydrogen-bond donors (Lipinski definition) is 2. The zero-order valence-corrected chi connectivity index (χ0v) is 10.8. The van der Waals surface area contributed by atoms with Gasteiger partial charge in [0.1, 0.15) is 0 Å². The molecule has 0 spiro atoms. The standard InChI is InChI=1S/C12H10BrNO4/c13-4-3-10(15)7-1-2-9(8(5-7)6-14)11(16)12(17)18/h1-2,5,11,16H,3-4H2,(H,17,18). The van der Waals surface area contributed by atoms with Gasteiger partial charge in [0.15, 0.2) is 11.9 Å². The molecule has 94 valence electrons. The van der Waals surface area contributed by atoms with Crippen LogP contribution in [0.25, 0.3) is 0 Å². The summed E-state index contributed by atoms with van der Waals surface area (Å²) in [7, 11) is 0.